The summed E-state index contributed by atoms with van der Waals surface area (Å²) in [6.07, 6.45) is 0.283. The third-order valence-corrected chi connectivity index (χ3v) is 5.47. The molecular weight excluding hydrogens is 324 g/mol. The van der Waals surface area contributed by atoms with Gasteiger partial charge in [0.05, 0.1) is 38.1 Å². The summed E-state index contributed by atoms with van der Waals surface area (Å²) >= 11 is 0. The molecule has 1 aliphatic rings. The summed E-state index contributed by atoms with van der Waals surface area (Å²) in [5.41, 5.74) is 2.40. The highest BCUT2D eigenvalue weighted by Crippen LogP contribution is 2.33. The van der Waals surface area contributed by atoms with Crippen molar-refractivity contribution in [3.8, 4) is 0 Å². The molecule has 140 valence electrons. The van der Waals surface area contributed by atoms with E-state index in [0.29, 0.717) is 31.7 Å². The first-order chi connectivity index (χ1) is 12.6. The third kappa shape index (κ3) is 4.94. The summed E-state index contributed by atoms with van der Waals surface area (Å²) in [5, 5.41) is 0. The van der Waals surface area contributed by atoms with E-state index in [0.717, 1.165) is 0 Å². The van der Waals surface area contributed by atoms with Crippen LogP contribution in [-0.4, -0.2) is 24.9 Å². The lowest BCUT2D eigenvalue weighted by Crippen LogP contribution is -2.50. The van der Waals surface area contributed by atoms with Gasteiger partial charge in [-0.15, -0.1) is 0 Å². The Hall–Kier alpha value is -1.68. The lowest BCUT2D eigenvalue weighted by Gasteiger charge is -2.43. The Morgan fingerprint density at radius 2 is 1.35 bits per heavy atom. The Kier molecular flexibility index (Phi) is 6.84. The van der Waals surface area contributed by atoms with Crippen LogP contribution >= 0.6 is 0 Å². The van der Waals surface area contributed by atoms with E-state index in [-0.39, 0.29) is 18.3 Å². The van der Waals surface area contributed by atoms with Crippen molar-refractivity contribution in [3.05, 3.63) is 71.8 Å². The highest BCUT2D eigenvalue weighted by Gasteiger charge is 2.40. The molecule has 0 bridgehead atoms. The molecular formula is C23H30O3. The predicted octanol–water partition coefficient (Wildman–Crippen LogP) is 4.85. The summed E-state index contributed by atoms with van der Waals surface area (Å²) in [6, 6.07) is 20.6. The first kappa shape index (κ1) is 19.1. The summed E-state index contributed by atoms with van der Waals surface area (Å²) in [5.74, 6) is 0.815. The number of rotatable bonds is 7. The van der Waals surface area contributed by atoms with E-state index >= 15 is 0 Å². The molecule has 1 heterocycles. The quantitative estimate of drug-likeness (QED) is 0.711. The SMILES string of the molecule is C[C@@H]1OC(COCc2ccccc2)[C@H](C)[C@H](C)C1OCc1ccccc1. The van der Waals surface area contributed by atoms with Crippen LogP contribution in [0.25, 0.3) is 0 Å². The summed E-state index contributed by atoms with van der Waals surface area (Å²) in [6.45, 7) is 8.50. The van der Waals surface area contributed by atoms with Gasteiger partial charge in [-0.05, 0) is 29.9 Å². The summed E-state index contributed by atoms with van der Waals surface area (Å²) in [4.78, 5) is 0. The van der Waals surface area contributed by atoms with Gasteiger partial charge in [0.2, 0.25) is 0 Å². The van der Waals surface area contributed by atoms with Crippen LogP contribution < -0.4 is 0 Å². The van der Waals surface area contributed by atoms with E-state index in [4.69, 9.17) is 14.2 Å². The third-order valence-electron chi connectivity index (χ3n) is 5.47. The largest absolute Gasteiger partial charge is 0.374 e. The van der Waals surface area contributed by atoms with E-state index in [9.17, 15) is 0 Å². The van der Waals surface area contributed by atoms with E-state index in [1.54, 1.807) is 0 Å². The Morgan fingerprint density at radius 3 is 1.96 bits per heavy atom. The van der Waals surface area contributed by atoms with Crippen LogP contribution in [0.1, 0.15) is 31.9 Å². The number of hydrogen-bond acceptors (Lipinski definition) is 3. The Labute approximate surface area is 157 Å². The normalized spacial score (nSPS) is 28.8. The fraction of sp³-hybridized carbons (Fsp3) is 0.478. The predicted molar refractivity (Wildman–Crippen MR) is 104 cm³/mol. The maximum Gasteiger partial charge on any atom is 0.0867 e. The van der Waals surface area contributed by atoms with Crippen LogP contribution in [-0.2, 0) is 27.4 Å². The van der Waals surface area contributed by atoms with Crippen molar-refractivity contribution in [2.75, 3.05) is 6.61 Å². The average Bonchev–Trinajstić information content (AvgIpc) is 2.67. The number of hydrogen-bond donors (Lipinski definition) is 0. The highest BCUT2D eigenvalue weighted by molar-refractivity contribution is 5.14. The molecule has 3 nitrogen and oxygen atoms in total. The standard InChI is InChI=1S/C23H30O3/c1-17-18(2)23(25-15-21-12-8-5-9-13-21)19(3)26-22(17)16-24-14-20-10-6-4-7-11-20/h4-13,17-19,22-23H,14-16H2,1-3H3/t17-,18+,19+,22?,23?/m1/s1. The number of benzene rings is 2. The van der Waals surface area contributed by atoms with Crippen molar-refractivity contribution in [2.45, 2.75) is 52.3 Å². The zero-order valence-corrected chi connectivity index (χ0v) is 16.0. The van der Waals surface area contributed by atoms with Gasteiger partial charge >= 0.3 is 0 Å². The van der Waals surface area contributed by atoms with Gasteiger partial charge in [0.15, 0.2) is 0 Å². The molecule has 3 rings (SSSR count). The fourth-order valence-corrected chi connectivity index (χ4v) is 3.65. The van der Waals surface area contributed by atoms with E-state index in [1.807, 2.05) is 36.4 Å². The molecule has 26 heavy (non-hydrogen) atoms. The molecule has 0 amide bonds. The van der Waals surface area contributed by atoms with Crippen LogP contribution in [0.4, 0.5) is 0 Å². The second kappa shape index (κ2) is 9.31. The molecule has 0 aliphatic carbocycles. The van der Waals surface area contributed by atoms with Crippen LogP contribution in [0.5, 0.6) is 0 Å². The topological polar surface area (TPSA) is 27.7 Å². The lowest BCUT2D eigenvalue weighted by molar-refractivity contribution is -0.197. The lowest BCUT2D eigenvalue weighted by atomic mass is 9.81. The molecule has 0 N–H and O–H groups in total. The summed E-state index contributed by atoms with van der Waals surface area (Å²) in [7, 11) is 0. The van der Waals surface area contributed by atoms with Gasteiger partial charge in [-0.25, -0.2) is 0 Å². The van der Waals surface area contributed by atoms with Gasteiger partial charge in [-0.1, -0.05) is 74.5 Å². The van der Waals surface area contributed by atoms with Gasteiger partial charge in [0, 0.05) is 0 Å². The van der Waals surface area contributed by atoms with Crippen molar-refractivity contribution in [1.29, 1.82) is 0 Å². The smallest absolute Gasteiger partial charge is 0.0867 e. The highest BCUT2D eigenvalue weighted by atomic mass is 16.6. The van der Waals surface area contributed by atoms with E-state index in [2.05, 4.69) is 45.0 Å². The van der Waals surface area contributed by atoms with Gasteiger partial charge in [-0.3, -0.25) is 0 Å². The molecule has 1 fully saturated rings. The molecule has 2 unspecified atom stereocenters. The Bertz CT molecular complexity index is 641. The van der Waals surface area contributed by atoms with Crippen molar-refractivity contribution >= 4 is 0 Å². The molecule has 0 radical (unpaired) electrons. The summed E-state index contributed by atoms with van der Waals surface area (Å²) < 4.78 is 18.4. The molecule has 5 atom stereocenters. The monoisotopic (exact) mass is 354 g/mol. The van der Waals surface area contributed by atoms with Crippen molar-refractivity contribution < 1.29 is 14.2 Å². The van der Waals surface area contributed by atoms with Crippen LogP contribution in [0.2, 0.25) is 0 Å². The minimum Gasteiger partial charge on any atom is -0.374 e. The van der Waals surface area contributed by atoms with Gasteiger partial charge in [0.1, 0.15) is 0 Å². The molecule has 2 aromatic carbocycles. The zero-order valence-electron chi connectivity index (χ0n) is 16.0. The molecule has 3 heteroatoms. The van der Waals surface area contributed by atoms with Crippen molar-refractivity contribution in [3.63, 3.8) is 0 Å². The van der Waals surface area contributed by atoms with Crippen molar-refractivity contribution in [1.82, 2.24) is 0 Å². The van der Waals surface area contributed by atoms with Gasteiger partial charge in [-0.2, -0.15) is 0 Å². The first-order valence-electron chi connectivity index (χ1n) is 9.58. The molecule has 2 aromatic rings. The molecule has 0 spiro atoms. The molecule has 1 aliphatic heterocycles. The van der Waals surface area contributed by atoms with Gasteiger partial charge in [0.25, 0.3) is 0 Å². The second-order valence-corrected chi connectivity index (χ2v) is 7.36. The molecule has 1 saturated heterocycles. The van der Waals surface area contributed by atoms with Gasteiger partial charge < -0.3 is 14.2 Å². The minimum absolute atomic E-state index is 0.0650. The average molecular weight is 354 g/mol. The van der Waals surface area contributed by atoms with E-state index in [1.165, 1.54) is 11.1 Å². The Morgan fingerprint density at radius 1 is 0.769 bits per heavy atom. The van der Waals surface area contributed by atoms with E-state index < -0.39 is 0 Å². The molecule has 0 saturated carbocycles. The Balaban J connectivity index is 1.49. The number of ether oxygens (including phenoxy) is 3. The molecule has 0 aromatic heterocycles. The first-order valence-corrected chi connectivity index (χ1v) is 9.58. The van der Waals surface area contributed by atoms with Crippen molar-refractivity contribution in [2.24, 2.45) is 11.8 Å². The zero-order chi connectivity index (χ0) is 18.4. The maximum absolute atomic E-state index is 6.26. The second-order valence-electron chi connectivity index (χ2n) is 7.36. The van der Waals surface area contributed by atoms with Crippen LogP contribution in [0.15, 0.2) is 60.7 Å². The maximum atomic E-state index is 6.26. The fourth-order valence-electron chi connectivity index (χ4n) is 3.65. The van der Waals surface area contributed by atoms with Crippen LogP contribution in [0, 0.1) is 11.8 Å². The minimum atomic E-state index is 0.0650. The van der Waals surface area contributed by atoms with Crippen LogP contribution in [0.3, 0.4) is 0 Å².